The van der Waals surface area contributed by atoms with Crippen molar-refractivity contribution >= 4 is 11.9 Å². The van der Waals surface area contributed by atoms with Gasteiger partial charge in [-0.05, 0) is 25.0 Å². The zero-order valence-electron chi connectivity index (χ0n) is 11.7. The van der Waals surface area contributed by atoms with Gasteiger partial charge in [-0.25, -0.2) is 0 Å². The largest absolute Gasteiger partial charge is 0.494 e. The first-order valence-corrected chi connectivity index (χ1v) is 6.77. The van der Waals surface area contributed by atoms with E-state index in [-0.39, 0.29) is 18.2 Å². The molecule has 1 aromatic rings. The van der Waals surface area contributed by atoms with E-state index in [0.717, 1.165) is 5.75 Å². The van der Waals surface area contributed by atoms with Crippen molar-refractivity contribution in [1.29, 1.82) is 0 Å². The van der Waals surface area contributed by atoms with Crippen molar-refractivity contribution in [3.05, 3.63) is 30.3 Å². The van der Waals surface area contributed by atoms with Gasteiger partial charge in [0.2, 0.25) is 5.91 Å². The number of hydrogen-bond donors (Lipinski definition) is 2. The average molecular weight is 279 g/mol. The van der Waals surface area contributed by atoms with Crippen molar-refractivity contribution in [3.8, 4) is 5.75 Å². The number of carbonyl (C=O) groups is 2. The minimum Gasteiger partial charge on any atom is -0.494 e. The topological polar surface area (TPSA) is 75.6 Å². The van der Waals surface area contributed by atoms with E-state index in [4.69, 9.17) is 9.84 Å². The van der Waals surface area contributed by atoms with Gasteiger partial charge in [0.05, 0.1) is 6.61 Å². The highest BCUT2D eigenvalue weighted by Gasteiger charge is 2.12. The smallest absolute Gasteiger partial charge is 0.303 e. The van der Waals surface area contributed by atoms with E-state index in [9.17, 15) is 9.59 Å². The van der Waals surface area contributed by atoms with Gasteiger partial charge in [-0.1, -0.05) is 25.1 Å². The summed E-state index contributed by atoms with van der Waals surface area (Å²) in [7, 11) is 0. The molecule has 0 aliphatic heterocycles. The molecule has 0 bridgehead atoms. The van der Waals surface area contributed by atoms with Crippen LogP contribution in [0.15, 0.2) is 30.3 Å². The van der Waals surface area contributed by atoms with Gasteiger partial charge in [0.25, 0.3) is 0 Å². The number of carboxylic acid groups (broad SMARTS) is 1. The number of para-hydroxylation sites is 1. The van der Waals surface area contributed by atoms with Crippen LogP contribution < -0.4 is 10.1 Å². The maximum atomic E-state index is 11.7. The van der Waals surface area contributed by atoms with Crippen LogP contribution in [0.3, 0.4) is 0 Å². The second-order valence-corrected chi connectivity index (χ2v) is 4.64. The Morgan fingerprint density at radius 1 is 1.30 bits per heavy atom. The first-order valence-electron chi connectivity index (χ1n) is 6.77. The molecule has 1 unspecified atom stereocenters. The van der Waals surface area contributed by atoms with Gasteiger partial charge in [-0.15, -0.1) is 0 Å². The van der Waals surface area contributed by atoms with Gasteiger partial charge in [0.1, 0.15) is 5.75 Å². The molecule has 0 fully saturated rings. The summed E-state index contributed by atoms with van der Waals surface area (Å²) < 4.78 is 5.53. The molecule has 0 spiro atoms. The third-order valence-electron chi connectivity index (χ3n) is 2.88. The molecule has 0 radical (unpaired) electrons. The fraction of sp³-hybridized carbons (Fsp3) is 0.467. The summed E-state index contributed by atoms with van der Waals surface area (Å²) in [5.41, 5.74) is 0. The molecule has 5 nitrogen and oxygen atoms in total. The summed E-state index contributed by atoms with van der Waals surface area (Å²) in [5, 5.41) is 11.2. The maximum absolute atomic E-state index is 11.7. The molecular weight excluding hydrogens is 258 g/mol. The molecule has 2 N–H and O–H groups in total. The molecule has 110 valence electrons. The number of nitrogens with one attached hydrogen (secondary N) is 1. The van der Waals surface area contributed by atoms with E-state index >= 15 is 0 Å². The minimum atomic E-state index is -0.844. The molecule has 0 aliphatic carbocycles. The summed E-state index contributed by atoms with van der Waals surface area (Å²) in [6, 6.07) is 9.45. The summed E-state index contributed by atoms with van der Waals surface area (Å²) in [5.74, 6) is -0.263. The van der Waals surface area contributed by atoms with E-state index in [1.807, 2.05) is 37.3 Å². The molecule has 0 heterocycles. The van der Waals surface area contributed by atoms with Crippen molar-refractivity contribution in [2.24, 2.45) is 5.92 Å². The SMILES string of the molecule is CC(CCOc1ccccc1)C(=O)NCCCC(=O)O. The van der Waals surface area contributed by atoms with Crippen molar-refractivity contribution in [2.75, 3.05) is 13.2 Å². The monoisotopic (exact) mass is 279 g/mol. The van der Waals surface area contributed by atoms with Crippen LogP contribution in [0.4, 0.5) is 0 Å². The van der Waals surface area contributed by atoms with Crippen LogP contribution in [0, 0.1) is 5.92 Å². The van der Waals surface area contributed by atoms with E-state index in [1.165, 1.54) is 0 Å². The molecule has 5 heteroatoms. The Balaban J connectivity index is 2.13. The predicted octanol–water partition coefficient (Wildman–Crippen LogP) is 2.07. The zero-order valence-corrected chi connectivity index (χ0v) is 11.7. The van der Waals surface area contributed by atoms with Gasteiger partial charge < -0.3 is 15.2 Å². The van der Waals surface area contributed by atoms with Crippen molar-refractivity contribution < 1.29 is 19.4 Å². The maximum Gasteiger partial charge on any atom is 0.303 e. The van der Waals surface area contributed by atoms with Gasteiger partial charge in [-0.2, -0.15) is 0 Å². The normalized spacial score (nSPS) is 11.7. The van der Waals surface area contributed by atoms with Gasteiger partial charge in [0.15, 0.2) is 0 Å². The van der Waals surface area contributed by atoms with Crippen LogP contribution in [0.2, 0.25) is 0 Å². The molecule has 0 saturated heterocycles. The molecule has 20 heavy (non-hydrogen) atoms. The van der Waals surface area contributed by atoms with Gasteiger partial charge in [0, 0.05) is 18.9 Å². The third kappa shape index (κ3) is 6.78. The number of carboxylic acids is 1. The number of ether oxygens (including phenoxy) is 1. The summed E-state index contributed by atoms with van der Waals surface area (Å²) in [4.78, 5) is 22.0. The number of aliphatic carboxylic acids is 1. The van der Waals surface area contributed by atoms with E-state index in [0.29, 0.717) is 26.0 Å². The molecule has 0 aliphatic rings. The van der Waals surface area contributed by atoms with Crippen LogP contribution in [0.5, 0.6) is 5.75 Å². The second-order valence-electron chi connectivity index (χ2n) is 4.64. The van der Waals surface area contributed by atoms with Crippen LogP contribution in [-0.4, -0.2) is 30.1 Å². The Kier molecular flexibility index (Phi) is 7.17. The summed E-state index contributed by atoms with van der Waals surface area (Å²) in [6.07, 6.45) is 1.15. The van der Waals surface area contributed by atoms with Gasteiger partial charge in [-0.3, -0.25) is 9.59 Å². The van der Waals surface area contributed by atoms with Crippen LogP contribution in [0.1, 0.15) is 26.2 Å². The lowest BCUT2D eigenvalue weighted by atomic mass is 10.1. The number of rotatable bonds is 9. The van der Waals surface area contributed by atoms with Gasteiger partial charge >= 0.3 is 5.97 Å². The Labute approximate surface area is 118 Å². The van der Waals surface area contributed by atoms with Crippen LogP contribution in [-0.2, 0) is 9.59 Å². The predicted molar refractivity (Wildman–Crippen MR) is 75.6 cm³/mol. The fourth-order valence-electron chi connectivity index (χ4n) is 1.63. The average Bonchev–Trinajstić information content (AvgIpc) is 2.44. The summed E-state index contributed by atoms with van der Waals surface area (Å²) >= 11 is 0. The lowest BCUT2D eigenvalue weighted by Gasteiger charge is -2.12. The third-order valence-corrected chi connectivity index (χ3v) is 2.88. The fourth-order valence-corrected chi connectivity index (χ4v) is 1.63. The Morgan fingerprint density at radius 3 is 2.65 bits per heavy atom. The van der Waals surface area contributed by atoms with Crippen LogP contribution in [0.25, 0.3) is 0 Å². The van der Waals surface area contributed by atoms with E-state index in [1.54, 1.807) is 0 Å². The van der Waals surface area contributed by atoms with Crippen molar-refractivity contribution in [3.63, 3.8) is 0 Å². The quantitative estimate of drug-likeness (QED) is 0.679. The number of benzene rings is 1. The number of carbonyl (C=O) groups excluding carboxylic acids is 1. The number of amides is 1. The Morgan fingerprint density at radius 2 is 2.00 bits per heavy atom. The molecule has 1 rings (SSSR count). The van der Waals surface area contributed by atoms with Crippen LogP contribution >= 0.6 is 0 Å². The van der Waals surface area contributed by atoms with E-state index in [2.05, 4.69) is 5.32 Å². The first kappa shape index (κ1) is 16.0. The zero-order chi connectivity index (χ0) is 14.8. The van der Waals surface area contributed by atoms with E-state index < -0.39 is 5.97 Å². The Bertz CT molecular complexity index is 419. The lowest BCUT2D eigenvalue weighted by Crippen LogP contribution is -2.31. The highest BCUT2D eigenvalue weighted by atomic mass is 16.5. The highest BCUT2D eigenvalue weighted by Crippen LogP contribution is 2.10. The molecule has 0 saturated carbocycles. The first-order chi connectivity index (χ1) is 9.59. The lowest BCUT2D eigenvalue weighted by molar-refractivity contribution is -0.137. The number of hydrogen-bond acceptors (Lipinski definition) is 3. The highest BCUT2D eigenvalue weighted by molar-refractivity contribution is 5.78. The van der Waals surface area contributed by atoms with Crippen molar-refractivity contribution in [1.82, 2.24) is 5.32 Å². The second kappa shape index (κ2) is 8.96. The molecular formula is C15H21NO4. The standard InChI is InChI=1S/C15H21NO4/c1-12(15(19)16-10-5-8-14(17)18)9-11-20-13-6-3-2-4-7-13/h2-4,6-7,12H,5,8-11H2,1H3,(H,16,19)(H,17,18). The van der Waals surface area contributed by atoms with Crippen molar-refractivity contribution in [2.45, 2.75) is 26.2 Å². The molecule has 1 amide bonds. The Hall–Kier alpha value is -2.04. The summed E-state index contributed by atoms with van der Waals surface area (Å²) in [6.45, 7) is 2.71. The molecule has 1 atom stereocenters. The molecule has 1 aromatic carbocycles. The minimum absolute atomic E-state index is 0.0629. The molecule has 0 aromatic heterocycles.